The molecule has 3 rings (SSSR count). The third-order valence-electron chi connectivity index (χ3n) is 4.64. The minimum absolute atomic E-state index is 0.00358. The number of piperidine rings is 1. The van der Waals surface area contributed by atoms with Gasteiger partial charge in [0.2, 0.25) is 0 Å². The number of amides is 2. The second-order valence-corrected chi connectivity index (χ2v) is 6.29. The van der Waals surface area contributed by atoms with Gasteiger partial charge in [0.15, 0.2) is 0 Å². The van der Waals surface area contributed by atoms with Crippen LogP contribution in [-0.4, -0.2) is 36.1 Å². The molecule has 0 radical (unpaired) electrons. The summed E-state index contributed by atoms with van der Waals surface area (Å²) in [5, 5.41) is 3.06. The van der Waals surface area contributed by atoms with Crippen molar-refractivity contribution in [1.82, 2.24) is 15.2 Å². The van der Waals surface area contributed by atoms with Crippen molar-refractivity contribution in [2.24, 2.45) is 0 Å². The summed E-state index contributed by atoms with van der Waals surface area (Å²) in [6, 6.07) is 13.9. The van der Waals surface area contributed by atoms with E-state index in [4.69, 9.17) is 4.74 Å². The molecule has 1 atom stereocenters. The number of rotatable bonds is 5. The number of aromatic nitrogens is 1. The van der Waals surface area contributed by atoms with E-state index in [0.717, 1.165) is 43.7 Å². The normalized spacial score (nSPS) is 17.2. The van der Waals surface area contributed by atoms with Crippen molar-refractivity contribution in [2.75, 3.05) is 20.2 Å². The number of pyridine rings is 1. The Balaban J connectivity index is 1.55. The molecule has 1 unspecified atom stereocenters. The zero-order valence-electron chi connectivity index (χ0n) is 14.6. The molecule has 132 valence electrons. The van der Waals surface area contributed by atoms with Crippen LogP contribution in [0.3, 0.4) is 0 Å². The van der Waals surface area contributed by atoms with Crippen LogP contribution in [0, 0.1) is 0 Å². The number of methoxy groups -OCH3 is 1. The lowest BCUT2D eigenvalue weighted by molar-refractivity contribution is 0.150. The van der Waals surface area contributed by atoms with Crippen molar-refractivity contribution in [3.05, 3.63) is 59.9 Å². The average molecular weight is 339 g/mol. The first kappa shape index (κ1) is 17.3. The summed E-state index contributed by atoms with van der Waals surface area (Å²) in [4.78, 5) is 19.0. The number of hydrogen-bond acceptors (Lipinski definition) is 3. The maximum atomic E-state index is 12.6. The Morgan fingerprint density at radius 3 is 2.80 bits per heavy atom. The van der Waals surface area contributed by atoms with Gasteiger partial charge in [-0.05, 0) is 55.5 Å². The van der Waals surface area contributed by atoms with Gasteiger partial charge in [-0.15, -0.1) is 0 Å². The standard InChI is InChI=1S/C20H25N3O2/c1-25-17-10-8-16(9-11-17)12-14-22-20(24)23-15-5-3-7-19(23)18-6-2-4-13-21-18/h2,4,6,8-11,13,19H,3,5,7,12,14-15H2,1H3,(H,22,24). The number of ether oxygens (including phenoxy) is 1. The zero-order valence-corrected chi connectivity index (χ0v) is 14.6. The van der Waals surface area contributed by atoms with Crippen LogP contribution in [0.1, 0.15) is 36.6 Å². The first-order valence-electron chi connectivity index (χ1n) is 8.86. The van der Waals surface area contributed by atoms with E-state index in [1.165, 1.54) is 5.56 Å². The van der Waals surface area contributed by atoms with E-state index >= 15 is 0 Å². The summed E-state index contributed by atoms with van der Waals surface area (Å²) in [5.41, 5.74) is 2.16. The van der Waals surface area contributed by atoms with Gasteiger partial charge in [-0.3, -0.25) is 4.98 Å². The van der Waals surface area contributed by atoms with Crippen LogP contribution < -0.4 is 10.1 Å². The maximum absolute atomic E-state index is 12.6. The Labute approximate surface area is 149 Å². The quantitative estimate of drug-likeness (QED) is 0.906. The van der Waals surface area contributed by atoms with Gasteiger partial charge in [-0.25, -0.2) is 4.79 Å². The molecule has 1 aromatic carbocycles. The van der Waals surface area contributed by atoms with Crippen LogP contribution in [0.15, 0.2) is 48.7 Å². The molecule has 5 nitrogen and oxygen atoms in total. The van der Waals surface area contributed by atoms with E-state index in [9.17, 15) is 4.79 Å². The third kappa shape index (κ3) is 4.50. The van der Waals surface area contributed by atoms with Crippen molar-refractivity contribution in [3.63, 3.8) is 0 Å². The second-order valence-electron chi connectivity index (χ2n) is 6.29. The van der Waals surface area contributed by atoms with Gasteiger partial charge in [0.25, 0.3) is 0 Å². The Hall–Kier alpha value is -2.56. The van der Waals surface area contributed by atoms with Gasteiger partial charge in [-0.1, -0.05) is 18.2 Å². The summed E-state index contributed by atoms with van der Waals surface area (Å²) >= 11 is 0. The lowest BCUT2D eigenvalue weighted by Crippen LogP contribution is -2.45. The molecule has 2 heterocycles. The van der Waals surface area contributed by atoms with Crippen molar-refractivity contribution in [3.8, 4) is 5.75 Å². The van der Waals surface area contributed by atoms with E-state index in [0.29, 0.717) is 6.54 Å². The van der Waals surface area contributed by atoms with Crippen molar-refractivity contribution in [2.45, 2.75) is 31.7 Å². The highest BCUT2D eigenvalue weighted by Crippen LogP contribution is 2.29. The molecule has 1 aliphatic heterocycles. The molecule has 0 spiro atoms. The maximum Gasteiger partial charge on any atom is 0.317 e. The molecule has 1 saturated heterocycles. The minimum atomic E-state index is 0.00358. The molecule has 0 bridgehead atoms. The van der Waals surface area contributed by atoms with Crippen LogP contribution in [0.2, 0.25) is 0 Å². The molecule has 25 heavy (non-hydrogen) atoms. The fourth-order valence-corrected chi connectivity index (χ4v) is 3.26. The van der Waals surface area contributed by atoms with Gasteiger partial charge in [0.05, 0.1) is 18.8 Å². The van der Waals surface area contributed by atoms with Crippen LogP contribution in [0.4, 0.5) is 4.79 Å². The smallest absolute Gasteiger partial charge is 0.317 e. The molecule has 2 amide bonds. The third-order valence-corrected chi connectivity index (χ3v) is 4.64. The van der Waals surface area contributed by atoms with Crippen molar-refractivity contribution < 1.29 is 9.53 Å². The first-order chi connectivity index (χ1) is 12.3. The van der Waals surface area contributed by atoms with Crippen LogP contribution in [0.25, 0.3) is 0 Å². The summed E-state index contributed by atoms with van der Waals surface area (Å²) in [6.45, 7) is 1.41. The molecule has 1 aliphatic rings. The lowest BCUT2D eigenvalue weighted by atomic mass is 9.99. The van der Waals surface area contributed by atoms with E-state index in [2.05, 4.69) is 10.3 Å². The number of likely N-dealkylation sites (tertiary alicyclic amines) is 1. The average Bonchev–Trinajstić information content (AvgIpc) is 2.69. The van der Waals surface area contributed by atoms with Crippen LogP contribution in [0.5, 0.6) is 5.75 Å². The van der Waals surface area contributed by atoms with Gasteiger partial charge in [0.1, 0.15) is 5.75 Å². The minimum Gasteiger partial charge on any atom is -0.497 e. The summed E-state index contributed by atoms with van der Waals surface area (Å²) in [5.74, 6) is 0.847. The number of carbonyl (C=O) groups excluding carboxylic acids is 1. The topological polar surface area (TPSA) is 54.5 Å². The molecule has 5 heteroatoms. The summed E-state index contributed by atoms with van der Waals surface area (Å²) < 4.78 is 5.16. The van der Waals surface area contributed by atoms with Gasteiger partial charge < -0.3 is 15.0 Å². The van der Waals surface area contributed by atoms with E-state index < -0.39 is 0 Å². The second kappa shape index (κ2) is 8.51. The Morgan fingerprint density at radius 1 is 1.24 bits per heavy atom. The molecular formula is C20H25N3O2. The fourth-order valence-electron chi connectivity index (χ4n) is 3.26. The Morgan fingerprint density at radius 2 is 2.08 bits per heavy atom. The highest BCUT2D eigenvalue weighted by Gasteiger charge is 2.28. The SMILES string of the molecule is COc1ccc(CCNC(=O)N2CCCCC2c2ccccn2)cc1. The predicted octanol–water partition coefficient (Wildman–Crippen LogP) is 3.57. The monoisotopic (exact) mass is 339 g/mol. The number of hydrogen-bond donors (Lipinski definition) is 1. The molecular weight excluding hydrogens is 314 g/mol. The number of urea groups is 1. The van der Waals surface area contributed by atoms with Gasteiger partial charge in [0, 0.05) is 19.3 Å². The molecule has 1 fully saturated rings. The van der Waals surface area contributed by atoms with Crippen LogP contribution in [-0.2, 0) is 6.42 Å². The number of carbonyl (C=O) groups is 1. The molecule has 0 saturated carbocycles. The summed E-state index contributed by atoms with van der Waals surface area (Å²) in [6.07, 6.45) is 5.76. The lowest BCUT2D eigenvalue weighted by Gasteiger charge is -2.35. The van der Waals surface area contributed by atoms with E-state index in [-0.39, 0.29) is 12.1 Å². The Bertz CT molecular complexity index is 673. The zero-order chi connectivity index (χ0) is 17.5. The number of benzene rings is 1. The van der Waals surface area contributed by atoms with Gasteiger partial charge in [-0.2, -0.15) is 0 Å². The summed E-state index contributed by atoms with van der Waals surface area (Å²) in [7, 11) is 1.66. The van der Waals surface area contributed by atoms with Crippen LogP contribution >= 0.6 is 0 Å². The predicted molar refractivity (Wildman–Crippen MR) is 97.6 cm³/mol. The highest BCUT2D eigenvalue weighted by atomic mass is 16.5. The fraction of sp³-hybridized carbons (Fsp3) is 0.400. The highest BCUT2D eigenvalue weighted by molar-refractivity contribution is 5.74. The van der Waals surface area contributed by atoms with Crippen molar-refractivity contribution >= 4 is 6.03 Å². The molecule has 0 aliphatic carbocycles. The Kier molecular flexibility index (Phi) is 5.88. The first-order valence-corrected chi connectivity index (χ1v) is 8.86. The van der Waals surface area contributed by atoms with E-state index in [1.807, 2.05) is 47.4 Å². The van der Waals surface area contributed by atoms with Gasteiger partial charge >= 0.3 is 6.03 Å². The van der Waals surface area contributed by atoms with Crippen molar-refractivity contribution in [1.29, 1.82) is 0 Å². The largest absolute Gasteiger partial charge is 0.497 e. The van der Waals surface area contributed by atoms with E-state index in [1.54, 1.807) is 13.3 Å². The number of nitrogens with zero attached hydrogens (tertiary/aromatic N) is 2. The number of nitrogens with one attached hydrogen (secondary N) is 1. The molecule has 1 N–H and O–H groups in total. The molecule has 2 aromatic rings. The molecule has 1 aromatic heterocycles.